The summed E-state index contributed by atoms with van der Waals surface area (Å²) in [4.78, 5) is 4.49. The zero-order chi connectivity index (χ0) is 14.7. The SMILES string of the molecule is Nc1cc(-c2nc(C3CCCCCCC3)no2)ccc1F. The van der Waals surface area contributed by atoms with E-state index in [-0.39, 0.29) is 5.69 Å². The third-order valence-corrected chi connectivity index (χ3v) is 4.16. The van der Waals surface area contributed by atoms with E-state index >= 15 is 0 Å². The van der Waals surface area contributed by atoms with E-state index in [1.807, 2.05) is 0 Å². The second kappa shape index (κ2) is 6.24. The summed E-state index contributed by atoms with van der Waals surface area (Å²) in [5.41, 5.74) is 6.34. The van der Waals surface area contributed by atoms with Gasteiger partial charge in [-0.25, -0.2) is 4.39 Å². The van der Waals surface area contributed by atoms with Crippen LogP contribution in [0.4, 0.5) is 10.1 Å². The van der Waals surface area contributed by atoms with Crippen LogP contribution in [0.3, 0.4) is 0 Å². The minimum Gasteiger partial charge on any atom is -0.396 e. The molecule has 2 N–H and O–H groups in total. The number of hydrogen-bond acceptors (Lipinski definition) is 4. The number of halogens is 1. The van der Waals surface area contributed by atoms with Crippen molar-refractivity contribution in [2.45, 2.75) is 50.9 Å². The normalized spacial score (nSPS) is 17.4. The van der Waals surface area contributed by atoms with Gasteiger partial charge in [0, 0.05) is 11.5 Å². The molecular weight excluding hydrogens is 269 g/mol. The van der Waals surface area contributed by atoms with Crippen molar-refractivity contribution < 1.29 is 8.91 Å². The van der Waals surface area contributed by atoms with Gasteiger partial charge in [-0.05, 0) is 31.0 Å². The molecule has 2 aromatic rings. The van der Waals surface area contributed by atoms with Crippen molar-refractivity contribution in [1.29, 1.82) is 0 Å². The Balaban J connectivity index is 1.79. The van der Waals surface area contributed by atoms with E-state index < -0.39 is 5.82 Å². The molecule has 0 aliphatic heterocycles. The summed E-state index contributed by atoms with van der Waals surface area (Å²) >= 11 is 0. The molecule has 0 radical (unpaired) electrons. The molecule has 1 aliphatic carbocycles. The van der Waals surface area contributed by atoms with Crippen molar-refractivity contribution in [3.8, 4) is 11.5 Å². The van der Waals surface area contributed by atoms with Crippen LogP contribution in [0.2, 0.25) is 0 Å². The zero-order valence-electron chi connectivity index (χ0n) is 12.0. The van der Waals surface area contributed by atoms with Gasteiger partial charge < -0.3 is 10.3 Å². The number of nitrogen functional groups attached to an aromatic ring is 1. The Bertz CT molecular complexity index is 603. The van der Waals surface area contributed by atoms with Crippen LogP contribution in [0.5, 0.6) is 0 Å². The van der Waals surface area contributed by atoms with Crippen molar-refractivity contribution in [2.75, 3.05) is 5.73 Å². The fraction of sp³-hybridized carbons (Fsp3) is 0.500. The molecule has 0 spiro atoms. The molecule has 112 valence electrons. The van der Waals surface area contributed by atoms with E-state index in [1.54, 1.807) is 6.07 Å². The standard InChI is InChI=1S/C16H20FN3O/c17-13-9-8-12(10-14(13)18)16-19-15(20-21-16)11-6-4-2-1-3-5-7-11/h8-11H,1-7,18H2. The molecule has 3 rings (SSSR count). The first kappa shape index (κ1) is 14.0. The summed E-state index contributed by atoms with van der Waals surface area (Å²) in [6.45, 7) is 0. The Labute approximate surface area is 123 Å². The Morgan fingerprint density at radius 3 is 2.52 bits per heavy atom. The maximum absolute atomic E-state index is 13.2. The predicted octanol–water partition coefficient (Wildman–Crippen LogP) is 4.29. The number of rotatable bonds is 2. The fourth-order valence-electron chi connectivity index (χ4n) is 2.91. The maximum atomic E-state index is 13.2. The average Bonchev–Trinajstić information content (AvgIpc) is 2.91. The molecule has 0 amide bonds. The molecule has 1 aromatic heterocycles. The topological polar surface area (TPSA) is 64.9 Å². The first-order valence-corrected chi connectivity index (χ1v) is 7.63. The van der Waals surface area contributed by atoms with Crippen molar-refractivity contribution in [3.05, 3.63) is 29.8 Å². The zero-order valence-corrected chi connectivity index (χ0v) is 12.0. The molecule has 1 fully saturated rings. The summed E-state index contributed by atoms with van der Waals surface area (Å²) < 4.78 is 18.5. The van der Waals surface area contributed by atoms with E-state index in [4.69, 9.17) is 10.3 Å². The predicted molar refractivity (Wildman–Crippen MR) is 79.2 cm³/mol. The number of anilines is 1. The molecule has 0 bridgehead atoms. The molecule has 0 saturated heterocycles. The summed E-state index contributed by atoms with van der Waals surface area (Å²) in [5, 5.41) is 4.12. The lowest BCUT2D eigenvalue weighted by Gasteiger charge is -2.15. The molecule has 0 unspecified atom stereocenters. The average molecular weight is 289 g/mol. The molecule has 5 heteroatoms. The van der Waals surface area contributed by atoms with Gasteiger partial charge in [-0.3, -0.25) is 0 Å². The molecule has 1 aromatic carbocycles. The highest BCUT2D eigenvalue weighted by Crippen LogP contribution is 2.31. The van der Waals surface area contributed by atoms with E-state index in [2.05, 4.69) is 10.1 Å². The lowest BCUT2D eigenvalue weighted by atomic mass is 9.91. The van der Waals surface area contributed by atoms with Crippen LogP contribution in [-0.4, -0.2) is 10.1 Å². The van der Waals surface area contributed by atoms with Gasteiger partial charge in [-0.1, -0.05) is 37.3 Å². The number of benzene rings is 1. The lowest BCUT2D eigenvalue weighted by molar-refractivity contribution is 0.393. The minimum absolute atomic E-state index is 0.0956. The Hall–Kier alpha value is -1.91. The number of nitrogens with zero attached hydrogens (tertiary/aromatic N) is 2. The molecule has 0 atom stereocenters. The molecule has 4 nitrogen and oxygen atoms in total. The highest BCUT2D eigenvalue weighted by Gasteiger charge is 2.20. The van der Waals surface area contributed by atoms with Gasteiger partial charge in [-0.2, -0.15) is 4.98 Å². The summed E-state index contributed by atoms with van der Waals surface area (Å²) in [5.74, 6) is 1.13. The smallest absolute Gasteiger partial charge is 0.258 e. The molecule has 1 aliphatic rings. The summed E-state index contributed by atoms with van der Waals surface area (Å²) in [6, 6.07) is 4.47. The second-order valence-corrected chi connectivity index (χ2v) is 5.74. The van der Waals surface area contributed by atoms with Crippen LogP contribution >= 0.6 is 0 Å². The molecular formula is C16H20FN3O. The minimum atomic E-state index is -0.432. The van der Waals surface area contributed by atoms with E-state index in [0.717, 1.165) is 18.7 Å². The lowest BCUT2D eigenvalue weighted by Crippen LogP contribution is -2.04. The van der Waals surface area contributed by atoms with E-state index in [1.165, 1.54) is 44.2 Å². The third kappa shape index (κ3) is 3.23. The van der Waals surface area contributed by atoms with Crippen molar-refractivity contribution in [3.63, 3.8) is 0 Å². The Kier molecular flexibility index (Phi) is 4.18. The third-order valence-electron chi connectivity index (χ3n) is 4.16. The van der Waals surface area contributed by atoms with Crippen LogP contribution in [0.25, 0.3) is 11.5 Å². The van der Waals surface area contributed by atoms with Crippen molar-refractivity contribution >= 4 is 5.69 Å². The summed E-state index contributed by atoms with van der Waals surface area (Å²) in [7, 11) is 0. The molecule has 1 heterocycles. The van der Waals surface area contributed by atoms with Gasteiger partial charge in [0.15, 0.2) is 5.82 Å². The summed E-state index contributed by atoms with van der Waals surface area (Å²) in [6.07, 6.45) is 8.58. The largest absolute Gasteiger partial charge is 0.396 e. The van der Waals surface area contributed by atoms with Gasteiger partial charge in [0.2, 0.25) is 0 Å². The van der Waals surface area contributed by atoms with E-state index in [0.29, 0.717) is 17.4 Å². The maximum Gasteiger partial charge on any atom is 0.258 e. The van der Waals surface area contributed by atoms with Crippen molar-refractivity contribution in [2.24, 2.45) is 0 Å². The van der Waals surface area contributed by atoms with Gasteiger partial charge in [-0.15, -0.1) is 0 Å². The first-order chi connectivity index (χ1) is 10.2. The Morgan fingerprint density at radius 1 is 1.10 bits per heavy atom. The van der Waals surface area contributed by atoms with Crippen LogP contribution in [0, 0.1) is 5.82 Å². The quantitative estimate of drug-likeness (QED) is 0.838. The monoisotopic (exact) mass is 289 g/mol. The number of aromatic nitrogens is 2. The van der Waals surface area contributed by atoms with Crippen LogP contribution in [0.1, 0.15) is 56.7 Å². The van der Waals surface area contributed by atoms with Gasteiger partial charge in [0.25, 0.3) is 5.89 Å². The van der Waals surface area contributed by atoms with Crippen LogP contribution in [-0.2, 0) is 0 Å². The van der Waals surface area contributed by atoms with Crippen molar-refractivity contribution in [1.82, 2.24) is 10.1 Å². The second-order valence-electron chi connectivity index (χ2n) is 5.74. The highest BCUT2D eigenvalue weighted by molar-refractivity contribution is 5.60. The van der Waals surface area contributed by atoms with Gasteiger partial charge in [0.05, 0.1) is 5.69 Å². The molecule has 1 saturated carbocycles. The first-order valence-electron chi connectivity index (χ1n) is 7.63. The fourth-order valence-corrected chi connectivity index (χ4v) is 2.91. The van der Waals surface area contributed by atoms with Crippen LogP contribution in [0.15, 0.2) is 22.7 Å². The van der Waals surface area contributed by atoms with Gasteiger partial charge >= 0.3 is 0 Å². The van der Waals surface area contributed by atoms with E-state index in [9.17, 15) is 4.39 Å². The Morgan fingerprint density at radius 2 is 1.81 bits per heavy atom. The van der Waals surface area contributed by atoms with Crippen LogP contribution < -0.4 is 5.73 Å². The van der Waals surface area contributed by atoms with Gasteiger partial charge in [0.1, 0.15) is 5.82 Å². The number of hydrogen-bond donors (Lipinski definition) is 1. The highest BCUT2D eigenvalue weighted by atomic mass is 19.1. The molecule has 21 heavy (non-hydrogen) atoms. The number of nitrogens with two attached hydrogens (primary N) is 1.